The van der Waals surface area contributed by atoms with Crippen LogP contribution in [0, 0.1) is 0 Å². The highest BCUT2D eigenvalue weighted by Gasteiger charge is 2.25. The molecule has 1 aliphatic heterocycles. The second-order valence-corrected chi connectivity index (χ2v) is 6.48. The van der Waals surface area contributed by atoms with Gasteiger partial charge in [-0.05, 0) is 23.6 Å². The molecule has 0 aliphatic carbocycles. The number of aryl methyl sites for hydroxylation is 1. The first kappa shape index (κ1) is 18.9. The normalized spacial score (nSPS) is 16.6. The largest absolute Gasteiger partial charge is 0.370 e. The summed E-state index contributed by atoms with van der Waals surface area (Å²) in [6.07, 6.45) is 0.845. The first-order valence-electron chi connectivity index (χ1n) is 9.18. The SMILES string of the molecule is CNC(=O)CCc1ccccc1NC(=O)N1CCOC(c2ccccc2)C1. The van der Waals surface area contributed by atoms with Crippen molar-refractivity contribution in [2.75, 3.05) is 32.1 Å². The number of benzene rings is 2. The topological polar surface area (TPSA) is 70.7 Å². The van der Waals surface area contributed by atoms with Gasteiger partial charge in [-0.2, -0.15) is 0 Å². The molecule has 0 aromatic heterocycles. The molecule has 6 heteroatoms. The van der Waals surface area contributed by atoms with Gasteiger partial charge in [0.2, 0.25) is 5.91 Å². The highest BCUT2D eigenvalue weighted by atomic mass is 16.5. The number of anilines is 1. The smallest absolute Gasteiger partial charge is 0.322 e. The van der Waals surface area contributed by atoms with Gasteiger partial charge in [0.25, 0.3) is 0 Å². The summed E-state index contributed by atoms with van der Waals surface area (Å²) in [6, 6.07) is 17.4. The maximum Gasteiger partial charge on any atom is 0.322 e. The molecule has 142 valence electrons. The van der Waals surface area contributed by atoms with Crippen molar-refractivity contribution in [3.05, 3.63) is 65.7 Å². The second kappa shape index (κ2) is 9.19. The standard InChI is InChI=1S/C21H25N3O3/c1-22-20(25)12-11-16-7-5-6-10-18(16)23-21(26)24-13-14-27-19(15-24)17-8-3-2-4-9-17/h2-10,19H,11-15H2,1H3,(H,22,25)(H,23,26). The van der Waals surface area contributed by atoms with Gasteiger partial charge >= 0.3 is 6.03 Å². The Bertz CT molecular complexity index is 779. The number of hydrogen-bond donors (Lipinski definition) is 2. The Morgan fingerprint density at radius 2 is 1.85 bits per heavy atom. The lowest BCUT2D eigenvalue weighted by molar-refractivity contribution is -0.120. The molecule has 6 nitrogen and oxygen atoms in total. The zero-order chi connectivity index (χ0) is 19.1. The molecule has 2 N–H and O–H groups in total. The highest BCUT2D eigenvalue weighted by molar-refractivity contribution is 5.90. The molecule has 2 aromatic rings. The van der Waals surface area contributed by atoms with Crippen LogP contribution in [-0.4, -0.2) is 43.6 Å². The molecule has 1 aliphatic rings. The minimum Gasteiger partial charge on any atom is -0.370 e. The molecule has 3 rings (SSSR count). The second-order valence-electron chi connectivity index (χ2n) is 6.48. The predicted octanol–water partition coefficient (Wildman–Crippen LogP) is 2.97. The van der Waals surface area contributed by atoms with Crippen LogP contribution in [-0.2, 0) is 16.0 Å². The summed E-state index contributed by atoms with van der Waals surface area (Å²) in [6.45, 7) is 1.57. The van der Waals surface area contributed by atoms with Gasteiger partial charge in [0.1, 0.15) is 6.10 Å². The van der Waals surface area contributed by atoms with E-state index in [2.05, 4.69) is 10.6 Å². The molecule has 0 spiro atoms. The van der Waals surface area contributed by atoms with E-state index >= 15 is 0 Å². The highest BCUT2D eigenvalue weighted by Crippen LogP contribution is 2.23. The number of amides is 3. The van der Waals surface area contributed by atoms with Gasteiger partial charge in [-0.3, -0.25) is 4.79 Å². The lowest BCUT2D eigenvalue weighted by Crippen LogP contribution is -2.44. The van der Waals surface area contributed by atoms with E-state index < -0.39 is 0 Å². The fourth-order valence-electron chi connectivity index (χ4n) is 3.13. The van der Waals surface area contributed by atoms with Crippen LogP contribution in [0.25, 0.3) is 0 Å². The number of hydrogen-bond acceptors (Lipinski definition) is 3. The van der Waals surface area contributed by atoms with Gasteiger partial charge < -0.3 is 20.3 Å². The number of carbonyl (C=O) groups is 2. The summed E-state index contributed by atoms with van der Waals surface area (Å²) >= 11 is 0. The Hall–Kier alpha value is -2.86. The van der Waals surface area contributed by atoms with Crippen LogP contribution < -0.4 is 10.6 Å². The maximum absolute atomic E-state index is 12.8. The molecule has 0 bridgehead atoms. The van der Waals surface area contributed by atoms with Gasteiger partial charge in [0, 0.05) is 25.7 Å². The Labute approximate surface area is 159 Å². The van der Waals surface area contributed by atoms with Crippen molar-refractivity contribution in [1.82, 2.24) is 10.2 Å². The van der Waals surface area contributed by atoms with Crippen molar-refractivity contribution >= 4 is 17.6 Å². The van der Waals surface area contributed by atoms with E-state index in [9.17, 15) is 9.59 Å². The van der Waals surface area contributed by atoms with E-state index in [1.807, 2.05) is 54.6 Å². The third kappa shape index (κ3) is 5.08. The van der Waals surface area contributed by atoms with Crippen molar-refractivity contribution in [3.8, 4) is 0 Å². The van der Waals surface area contributed by atoms with Crippen LogP contribution in [0.5, 0.6) is 0 Å². The van der Waals surface area contributed by atoms with Crippen molar-refractivity contribution in [1.29, 1.82) is 0 Å². The summed E-state index contributed by atoms with van der Waals surface area (Å²) in [4.78, 5) is 26.1. The van der Waals surface area contributed by atoms with Gasteiger partial charge in [-0.25, -0.2) is 4.79 Å². The molecule has 1 heterocycles. The van der Waals surface area contributed by atoms with Crippen LogP contribution in [0.4, 0.5) is 10.5 Å². The molecule has 1 unspecified atom stereocenters. The summed E-state index contributed by atoms with van der Waals surface area (Å²) in [5, 5.41) is 5.61. The van der Waals surface area contributed by atoms with Gasteiger partial charge in [-0.15, -0.1) is 0 Å². The number of urea groups is 1. The number of ether oxygens (including phenoxy) is 1. The van der Waals surface area contributed by atoms with Gasteiger partial charge in [0.05, 0.1) is 13.2 Å². The zero-order valence-electron chi connectivity index (χ0n) is 15.5. The molecule has 1 fully saturated rings. The van der Waals surface area contributed by atoms with Crippen molar-refractivity contribution in [2.45, 2.75) is 18.9 Å². The van der Waals surface area contributed by atoms with E-state index in [4.69, 9.17) is 4.74 Å². The predicted molar refractivity (Wildman–Crippen MR) is 105 cm³/mol. The Kier molecular flexibility index (Phi) is 6.44. The van der Waals surface area contributed by atoms with Gasteiger partial charge in [-0.1, -0.05) is 48.5 Å². The molecular weight excluding hydrogens is 342 g/mol. The summed E-state index contributed by atoms with van der Waals surface area (Å²) < 4.78 is 5.83. The third-order valence-electron chi connectivity index (χ3n) is 4.68. The molecule has 3 amide bonds. The molecule has 0 radical (unpaired) electrons. The Morgan fingerprint density at radius 1 is 1.11 bits per heavy atom. The van der Waals surface area contributed by atoms with Crippen molar-refractivity contribution < 1.29 is 14.3 Å². The van der Waals surface area contributed by atoms with Crippen molar-refractivity contribution in [2.24, 2.45) is 0 Å². The Balaban J connectivity index is 1.64. The lowest BCUT2D eigenvalue weighted by atomic mass is 10.1. The van der Waals surface area contributed by atoms with E-state index in [0.29, 0.717) is 32.5 Å². The molecular formula is C21H25N3O3. The van der Waals surface area contributed by atoms with E-state index in [1.165, 1.54) is 0 Å². The third-order valence-corrected chi connectivity index (χ3v) is 4.68. The van der Waals surface area contributed by atoms with Crippen LogP contribution in [0.3, 0.4) is 0 Å². The zero-order valence-corrected chi connectivity index (χ0v) is 15.5. The summed E-state index contributed by atoms with van der Waals surface area (Å²) in [5.41, 5.74) is 2.76. The first-order valence-corrected chi connectivity index (χ1v) is 9.18. The maximum atomic E-state index is 12.8. The molecule has 1 atom stereocenters. The fraction of sp³-hybridized carbons (Fsp3) is 0.333. The minimum atomic E-state index is -0.147. The van der Waals surface area contributed by atoms with E-state index in [-0.39, 0.29) is 18.0 Å². The van der Waals surface area contributed by atoms with Crippen molar-refractivity contribution in [3.63, 3.8) is 0 Å². The van der Waals surface area contributed by atoms with Crippen LogP contribution in [0.2, 0.25) is 0 Å². The molecule has 1 saturated heterocycles. The number of carbonyl (C=O) groups excluding carboxylic acids is 2. The number of nitrogens with zero attached hydrogens (tertiary/aromatic N) is 1. The number of para-hydroxylation sites is 1. The molecule has 2 aromatic carbocycles. The van der Waals surface area contributed by atoms with Crippen LogP contribution in [0.15, 0.2) is 54.6 Å². The van der Waals surface area contributed by atoms with E-state index in [1.54, 1.807) is 11.9 Å². The Morgan fingerprint density at radius 3 is 2.63 bits per heavy atom. The summed E-state index contributed by atoms with van der Waals surface area (Å²) in [5.74, 6) is -0.0185. The summed E-state index contributed by atoms with van der Waals surface area (Å²) in [7, 11) is 1.62. The number of rotatable bonds is 5. The number of nitrogens with one attached hydrogen (secondary N) is 2. The van der Waals surface area contributed by atoms with E-state index in [0.717, 1.165) is 16.8 Å². The first-order chi connectivity index (χ1) is 13.2. The monoisotopic (exact) mass is 367 g/mol. The average molecular weight is 367 g/mol. The molecule has 0 saturated carbocycles. The fourth-order valence-corrected chi connectivity index (χ4v) is 3.13. The average Bonchev–Trinajstić information content (AvgIpc) is 2.73. The number of morpholine rings is 1. The van der Waals surface area contributed by atoms with Crippen LogP contribution in [0.1, 0.15) is 23.7 Å². The lowest BCUT2D eigenvalue weighted by Gasteiger charge is -2.33. The van der Waals surface area contributed by atoms with Gasteiger partial charge in [0.15, 0.2) is 0 Å². The van der Waals surface area contributed by atoms with Crippen LogP contribution >= 0.6 is 0 Å². The quantitative estimate of drug-likeness (QED) is 0.854. The molecule has 27 heavy (non-hydrogen) atoms. The minimum absolute atomic E-state index is 0.0185.